The van der Waals surface area contributed by atoms with Crippen LogP contribution in [0.4, 0.5) is 0 Å². The molecule has 106 valence electrons. The van der Waals surface area contributed by atoms with Gasteiger partial charge in [-0.2, -0.15) is 0 Å². The minimum absolute atomic E-state index is 0.127. The summed E-state index contributed by atoms with van der Waals surface area (Å²) in [6.45, 7) is 1.95. The van der Waals surface area contributed by atoms with Crippen LogP contribution >= 0.6 is 0 Å². The van der Waals surface area contributed by atoms with Crippen LogP contribution in [0.2, 0.25) is 0 Å². The minimum Gasteiger partial charge on any atom is -0.468 e. The summed E-state index contributed by atoms with van der Waals surface area (Å²) in [6.07, 6.45) is 2.00. The number of hydrogen-bond donors (Lipinski definition) is 1. The van der Waals surface area contributed by atoms with Gasteiger partial charge in [0.2, 0.25) is 0 Å². The van der Waals surface area contributed by atoms with Crippen LogP contribution in [0, 0.1) is 0 Å². The number of aromatic amines is 1. The molecule has 1 aromatic rings. The van der Waals surface area contributed by atoms with Gasteiger partial charge < -0.3 is 4.74 Å². The van der Waals surface area contributed by atoms with Gasteiger partial charge in [0.25, 0.3) is 5.56 Å². The topological polar surface area (TPSA) is 84.4 Å². The number of rotatable bonds is 5. The average Bonchev–Trinajstić information content (AvgIpc) is 2.36. The van der Waals surface area contributed by atoms with E-state index in [1.807, 2.05) is 6.92 Å². The number of aryl methyl sites for hydroxylation is 1. The van der Waals surface area contributed by atoms with Crippen molar-refractivity contribution in [2.24, 2.45) is 0 Å². The van der Waals surface area contributed by atoms with E-state index in [0.717, 1.165) is 0 Å². The number of H-pyrrole nitrogens is 1. The van der Waals surface area contributed by atoms with E-state index in [1.54, 1.807) is 19.0 Å². The molecular weight excluding hydrogens is 250 g/mol. The quantitative estimate of drug-likeness (QED) is 0.708. The van der Waals surface area contributed by atoms with E-state index in [4.69, 9.17) is 4.74 Å². The SMILES string of the molecule is CCc1cn(CC(C(=O)OC)N(C)C)c(=O)[nH]c1=O. The van der Waals surface area contributed by atoms with Gasteiger partial charge in [0.15, 0.2) is 0 Å². The summed E-state index contributed by atoms with van der Waals surface area (Å²) in [5.74, 6) is -0.429. The third kappa shape index (κ3) is 3.54. The highest BCUT2D eigenvalue weighted by Crippen LogP contribution is 2.00. The second-order valence-electron chi connectivity index (χ2n) is 4.42. The van der Waals surface area contributed by atoms with E-state index in [9.17, 15) is 14.4 Å². The first kappa shape index (κ1) is 15.2. The molecule has 1 heterocycles. The van der Waals surface area contributed by atoms with Gasteiger partial charge in [-0.25, -0.2) is 4.79 Å². The van der Waals surface area contributed by atoms with Crippen LogP contribution in [-0.2, 0) is 22.5 Å². The van der Waals surface area contributed by atoms with Crippen LogP contribution in [0.5, 0.6) is 0 Å². The fourth-order valence-electron chi connectivity index (χ4n) is 1.71. The van der Waals surface area contributed by atoms with Gasteiger partial charge in [-0.1, -0.05) is 6.92 Å². The summed E-state index contributed by atoms with van der Waals surface area (Å²) in [5.41, 5.74) is -0.414. The van der Waals surface area contributed by atoms with Crippen molar-refractivity contribution in [3.05, 3.63) is 32.6 Å². The molecule has 0 aliphatic heterocycles. The zero-order chi connectivity index (χ0) is 14.6. The molecular formula is C12H19N3O4. The first-order valence-electron chi connectivity index (χ1n) is 5.97. The standard InChI is InChI=1S/C12H19N3O4/c1-5-8-6-15(12(18)13-10(8)16)7-9(14(2)3)11(17)19-4/h6,9H,5,7H2,1-4H3,(H,13,16,18). The predicted molar refractivity (Wildman–Crippen MR) is 70.2 cm³/mol. The lowest BCUT2D eigenvalue weighted by Gasteiger charge is -2.22. The lowest BCUT2D eigenvalue weighted by molar-refractivity contribution is -0.146. The zero-order valence-electron chi connectivity index (χ0n) is 11.6. The first-order valence-corrected chi connectivity index (χ1v) is 5.97. The molecule has 0 saturated carbocycles. The highest BCUT2D eigenvalue weighted by molar-refractivity contribution is 5.75. The molecule has 1 atom stereocenters. The predicted octanol–water partition coefficient (Wildman–Crippen LogP) is -0.798. The van der Waals surface area contributed by atoms with Crippen molar-refractivity contribution in [2.45, 2.75) is 25.9 Å². The van der Waals surface area contributed by atoms with Crippen LogP contribution in [0.3, 0.4) is 0 Å². The fourth-order valence-corrected chi connectivity index (χ4v) is 1.71. The number of aromatic nitrogens is 2. The van der Waals surface area contributed by atoms with E-state index in [0.29, 0.717) is 12.0 Å². The number of carbonyl (C=O) groups is 1. The highest BCUT2D eigenvalue weighted by atomic mass is 16.5. The third-order valence-corrected chi connectivity index (χ3v) is 2.93. The van der Waals surface area contributed by atoms with Crippen LogP contribution < -0.4 is 11.2 Å². The van der Waals surface area contributed by atoms with Gasteiger partial charge in [0.05, 0.1) is 13.7 Å². The van der Waals surface area contributed by atoms with Crippen LogP contribution in [0.25, 0.3) is 0 Å². The van der Waals surface area contributed by atoms with Crippen LogP contribution in [0.15, 0.2) is 15.8 Å². The molecule has 0 aliphatic carbocycles. The van der Waals surface area contributed by atoms with E-state index in [2.05, 4.69) is 4.98 Å². The van der Waals surface area contributed by atoms with E-state index >= 15 is 0 Å². The highest BCUT2D eigenvalue weighted by Gasteiger charge is 2.22. The molecule has 1 rings (SSSR count). The Bertz CT molecular complexity index is 559. The van der Waals surface area contributed by atoms with Crippen molar-refractivity contribution in [1.29, 1.82) is 0 Å². The molecule has 0 saturated heterocycles. The Morgan fingerprint density at radius 3 is 2.58 bits per heavy atom. The molecule has 1 N–H and O–H groups in total. The number of esters is 1. The molecule has 7 heteroatoms. The summed E-state index contributed by atoms with van der Waals surface area (Å²) in [5, 5.41) is 0. The van der Waals surface area contributed by atoms with Gasteiger partial charge in [0.1, 0.15) is 6.04 Å². The smallest absolute Gasteiger partial charge is 0.328 e. The summed E-state index contributed by atoms with van der Waals surface area (Å²) >= 11 is 0. The molecule has 0 fully saturated rings. The second-order valence-corrected chi connectivity index (χ2v) is 4.42. The molecule has 7 nitrogen and oxygen atoms in total. The monoisotopic (exact) mass is 269 g/mol. The Labute approximate surface area is 110 Å². The number of likely N-dealkylation sites (N-methyl/N-ethyl adjacent to an activating group) is 1. The van der Waals surface area contributed by atoms with Gasteiger partial charge in [-0.3, -0.25) is 24.0 Å². The molecule has 0 aromatic carbocycles. The number of carbonyl (C=O) groups excluding carboxylic acids is 1. The maximum atomic E-state index is 11.7. The summed E-state index contributed by atoms with van der Waals surface area (Å²) in [7, 11) is 4.74. The fraction of sp³-hybridized carbons (Fsp3) is 0.583. The Morgan fingerprint density at radius 2 is 2.11 bits per heavy atom. The first-order chi connectivity index (χ1) is 8.90. The van der Waals surface area contributed by atoms with Crippen molar-refractivity contribution in [3.63, 3.8) is 0 Å². The number of nitrogens with zero attached hydrogens (tertiary/aromatic N) is 2. The Hall–Kier alpha value is -1.89. The summed E-state index contributed by atoms with van der Waals surface area (Å²) in [4.78, 5) is 38.7. The summed E-state index contributed by atoms with van der Waals surface area (Å²) in [6, 6.07) is -0.585. The Balaban J connectivity index is 3.13. The number of nitrogens with one attached hydrogen (secondary N) is 1. The normalized spacial score (nSPS) is 12.5. The molecule has 19 heavy (non-hydrogen) atoms. The lowest BCUT2D eigenvalue weighted by Crippen LogP contribution is -2.43. The Morgan fingerprint density at radius 1 is 1.47 bits per heavy atom. The Kier molecular flexibility index (Phi) is 5.05. The molecule has 0 radical (unpaired) electrons. The number of methoxy groups -OCH3 is 1. The van der Waals surface area contributed by atoms with Crippen molar-refractivity contribution in [1.82, 2.24) is 14.5 Å². The molecule has 0 amide bonds. The summed E-state index contributed by atoms with van der Waals surface area (Å²) < 4.78 is 6.02. The molecule has 0 bridgehead atoms. The second kappa shape index (κ2) is 6.33. The lowest BCUT2D eigenvalue weighted by atomic mass is 10.2. The number of ether oxygens (including phenoxy) is 1. The number of hydrogen-bond acceptors (Lipinski definition) is 5. The molecule has 1 aromatic heterocycles. The van der Waals surface area contributed by atoms with Crippen molar-refractivity contribution < 1.29 is 9.53 Å². The van der Waals surface area contributed by atoms with Crippen LogP contribution in [0.1, 0.15) is 12.5 Å². The van der Waals surface area contributed by atoms with E-state index < -0.39 is 17.7 Å². The molecule has 0 spiro atoms. The minimum atomic E-state index is -0.585. The maximum Gasteiger partial charge on any atom is 0.328 e. The third-order valence-electron chi connectivity index (χ3n) is 2.93. The largest absolute Gasteiger partial charge is 0.468 e. The average molecular weight is 269 g/mol. The maximum absolute atomic E-state index is 11.7. The van der Waals surface area contributed by atoms with E-state index in [-0.39, 0.29) is 12.1 Å². The zero-order valence-corrected chi connectivity index (χ0v) is 11.6. The van der Waals surface area contributed by atoms with Gasteiger partial charge in [-0.05, 0) is 20.5 Å². The molecule has 0 aliphatic rings. The molecule has 1 unspecified atom stereocenters. The van der Waals surface area contributed by atoms with E-state index in [1.165, 1.54) is 17.9 Å². The van der Waals surface area contributed by atoms with Crippen LogP contribution in [-0.4, -0.2) is 47.7 Å². The van der Waals surface area contributed by atoms with Gasteiger partial charge in [0, 0.05) is 11.8 Å². The van der Waals surface area contributed by atoms with Crippen molar-refractivity contribution in [2.75, 3.05) is 21.2 Å². The van der Waals surface area contributed by atoms with Crippen molar-refractivity contribution in [3.8, 4) is 0 Å². The van der Waals surface area contributed by atoms with Gasteiger partial charge >= 0.3 is 11.7 Å². The van der Waals surface area contributed by atoms with Crippen molar-refractivity contribution >= 4 is 5.97 Å². The van der Waals surface area contributed by atoms with Gasteiger partial charge in [-0.15, -0.1) is 0 Å².